The minimum Gasteiger partial charge on any atom is -0.482 e. The van der Waals surface area contributed by atoms with Crippen molar-refractivity contribution < 1.29 is 14.6 Å². The lowest BCUT2D eigenvalue weighted by molar-refractivity contribution is -0.139. The van der Waals surface area contributed by atoms with Crippen LogP contribution >= 0.6 is 0 Å². The van der Waals surface area contributed by atoms with Gasteiger partial charge < -0.3 is 9.84 Å². The SMILES string of the molecule is O=C(O)COc1ccc(-c2cnc3cnccn23)cc1. The molecule has 20 heavy (non-hydrogen) atoms. The van der Waals surface area contributed by atoms with Crippen molar-refractivity contribution in [2.75, 3.05) is 6.61 Å². The molecule has 3 rings (SSSR count). The minimum absolute atomic E-state index is 0.347. The van der Waals surface area contributed by atoms with E-state index in [1.807, 2.05) is 22.7 Å². The maximum atomic E-state index is 10.4. The third-order valence-corrected chi connectivity index (χ3v) is 2.83. The average Bonchev–Trinajstić information content (AvgIpc) is 2.89. The van der Waals surface area contributed by atoms with Crippen LogP contribution in [-0.4, -0.2) is 32.1 Å². The summed E-state index contributed by atoms with van der Waals surface area (Å²) in [4.78, 5) is 18.7. The van der Waals surface area contributed by atoms with Gasteiger partial charge in [-0.15, -0.1) is 0 Å². The minimum atomic E-state index is -0.997. The van der Waals surface area contributed by atoms with Gasteiger partial charge in [0.05, 0.1) is 18.1 Å². The number of ether oxygens (including phenoxy) is 1. The first-order valence-electron chi connectivity index (χ1n) is 5.96. The second kappa shape index (κ2) is 5.00. The first-order chi connectivity index (χ1) is 9.74. The lowest BCUT2D eigenvalue weighted by Crippen LogP contribution is -2.09. The molecule has 2 heterocycles. The van der Waals surface area contributed by atoms with Crippen molar-refractivity contribution in [2.24, 2.45) is 0 Å². The van der Waals surface area contributed by atoms with E-state index in [0.29, 0.717) is 5.75 Å². The van der Waals surface area contributed by atoms with Crippen LogP contribution in [-0.2, 0) is 4.79 Å². The van der Waals surface area contributed by atoms with E-state index in [4.69, 9.17) is 9.84 Å². The molecule has 0 fully saturated rings. The van der Waals surface area contributed by atoms with Crippen molar-refractivity contribution in [3.63, 3.8) is 0 Å². The number of aromatic nitrogens is 3. The largest absolute Gasteiger partial charge is 0.482 e. The van der Waals surface area contributed by atoms with Gasteiger partial charge in [-0.3, -0.25) is 9.38 Å². The number of benzene rings is 1. The Hall–Kier alpha value is -2.89. The fourth-order valence-corrected chi connectivity index (χ4v) is 1.92. The molecule has 100 valence electrons. The zero-order chi connectivity index (χ0) is 13.9. The highest BCUT2D eigenvalue weighted by molar-refractivity contribution is 5.68. The topological polar surface area (TPSA) is 76.7 Å². The predicted molar refractivity (Wildman–Crippen MR) is 71.6 cm³/mol. The number of rotatable bonds is 4. The van der Waals surface area contributed by atoms with Gasteiger partial charge in [0.25, 0.3) is 0 Å². The molecule has 0 aliphatic rings. The number of carbonyl (C=O) groups is 1. The molecule has 0 bridgehead atoms. The van der Waals surface area contributed by atoms with Crippen molar-refractivity contribution in [3.8, 4) is 17.0 Å². The summed E-state index contributed by atoms with van der Waals surface area (Å²) in [5.41, 5.74) is 2.67. The Morgan fingerprint density at radius 1 is 1.25 bits per heavy atom. The molecule has 0 aliphatic heterocycles. The lowest BCUT2D eigenvalue weighted by Gasteiger charge is -2.05. The Balaban J connectivity index is 1.89. The number of hydrogen-bond donors (Lipinski definition) is 1. The van der Waals surface area contributed by atoms with E-state index in [0.717, 1.165) is 16.9 Å². The number of nitrogens with zero attached hydrogens (tertiary/aromatic N) is 3. The number of hydrogen-bond acceptors (Lipinski definition) is 4. The second-order valence-corrected chi connectivity index (χ2v) is 4.15. The van der Waals surface area contributed by atoms with Crippen LogP contribution in [0.15, 0.2) is 49.1 Å². The van der Waals surface area contributed by atoms with E-state index in [1.54, 1.807) is 30.7 Å². The normalized spacial score (nSPS) is 10.6. The monoisotopic (exact) mass is 269 g/mol. The number of carboxylic acid groups (broad SMARTS) is 1. The van der Waals surface area contributed by atoms with Gasteiger partial charge in [0, 0.05) is 18.0 Å². The van der Waals surface area contributed by atoms with Crippen molar-refractivity contribution in [3.05, 3.63) is 49.1 Å². The second-order valence-electron chi connectivity index (χ2n) is 4.15. The highest BCUT2D eigenvalue weighted by Crippen LogP contribution is 2.23. The van der Waals surface area contributed by atoms with E-state index >= 15 is 0 Å². The van der Waals surface area contributed by atoms with Crippen LogP contribution in [0.3, 0.4) is 0 Å². The van der Waals surface area contributed by atoms with Gasteiger partial charge in [0.1, 0.15) is 5.75 Å². The summed E-state index contributed by atoms with van der Waals surface area (Å²) in [5.74, 6) is -0.477. The summed E-state index contributed by atoms with van der Waals surface area (Å²) in [6.07, 6.45) is 6.99. The Bertz CT molecular complexity index is 750. The Kier molecular flexibility index (Phi) is 3.04. The molecule has 0 amide bonds. The third kappa shape index (κ3) is 2.31. The van der Waals surface area contributed by atoms with Gasteiger partial charge in [-0.2, -0.15) is 0 Å². The van der Waals surface area contributed by atoms with Crippen LogP contribution in [0.25, 0.3) is 16.9 Å². The molecule has 0 saturated heterocycles. The van der Waals surface area contributed by atoms with Crippen molar-refractivity contribution >= 4 is 11.6 Å². The van der Waals surface area contributed by atoms with E-state index < -0.39 is 5.97 Å². The van der Waals surface area contributed by atoms with Crippen molar-refractivity contribution in [1.29, 1.82) is 0 Å². The van der Waals surface area contributed by atoms with Crippen LogP contribution in [0, 0.1) is 0 Å². The standard InChI is InChI=1S/C14H11N3O3/c18-14(19)9-20-11-3-1-10(2-4-11)12-7-16-13-8-15-5-6-17(12)13/h1-8H,9H2,(H,18,19). The van der Waals surface area contributed by atoms with Gasteiger partial charge >= 0.3 is 5.97 Å². The summed E-state index contributed by atoms with van der Waals surface area (Å²) in [5, 5.41) is 8.56. The van der Waals surface area contributed by atoms with Gasteiger partial charge in [-0.1, -0.05) is 0 Å². The molecule has 1 N–H and O–H groups in total. The predicted octanol–water partition coefficient (Wildman–Crippen LogP) is 1.86. The summed E-state index contributed by atoms with van der Waals surface area (Å²) in [6, 6.07) is 7.19. The number of aliphatic carboxylic acids is 1. The van der Waals surface area contributed by atoms with Crippen molar-refractivity contribution in [2.45, 2.75) is 0 Å². The summed E-state index contributed by atoms with van der Waals surface area (Å²) in [7, 11) is 0. The molecule has 1 aromatic carbocycles. The van der Waals surface area contributed by atoms with E-state index in [1.165, 1.54) is 0 Å². The Labute approximate surface area is 114 Å². The lowest BCUT2D eigenvalue weighted by atomic mass is 10.1. The molecule has 0 aliphatic carbocycles. The number of carboxylic acids is 1. The quantitative estimate of drug-likeness (QED) is 0.782. The Morgan fingerprint density at radius 3 is 2.80 bits per heavy atom. The zero-order valence-corrected chi connectivity index (χ0v) is 10.4. The van der Waals surface area contributed by atoms with Crippen LogP contribution < -0.4 is 4.74 Å². The highest BCUT2D eigenvalue weighted by Gasteiger charge is 2.06. The van der Waals surface area contributed by atoms with Gasteiger partial charge in [0.2, 0.25) is 0 Å². The number of imidazole rings is 1. The van der Waals surface area contributed by atoms with Gasteiger partial charge in [-0.05, 0) is 24.3 Å². The molecule has 6 nitrogen and oxygen atoms in total. The smallest absolute Gasteiger partial charge is 0.341 e. The molecule has 0 spiro atoms. The van der Waals surface area contributed by atoms with Gasteiger partial charge in [0.15, 0.2) is 12.3 Å². The first kappa shape index (κ1) is 12.2. The first-order valence-corrected chi connectivity index (χ1v) is 5.96. The zero-order valence-electron chi connectivity index (χ0n) is 10.4. The molecule has 2 aromatic heterocycles. The average molecular weight is 269 g/mol. The molecule has 0 atom stereocenters. The third-order valence-electron chi connectivity index (χ3n) is 2.83. The maximum Gasteiger partial charge on any atom is 0.341 e. The molecular formula is C14H11N3O3. The molecular weight excluding hydrogens is 258 g/mol. The van der Waals surface area contributed by atoms with E-state index in [-0.39, 0.29) is 6.61 Å². The van der Waals surface area contributed by atoms with Crippen LogP contribution in [0.4, 0.5) is 0 Å². The molecule has 0 radical (unpaired) electrons. The van der Waals surface area contributed by atoms with E-state index in [9.17, 15) is 4.79 Å². The Morgan fingerprint density at radius 2 is 2.05 bits per heavy atom. The van der Waals surface area contributed by atoms with E-state index in [2.05, 4.69) is 9.97 Å². The fourth-order valence-electron chi connectivity index (χ4n) is 1.92. The molecule has 0 unspecified atom stereocenters. The van der Waals surface area contributed by atoms with Gasteiger partial charge in [-0.25, -0.2) is 9.78 Å². The molecule has 3 aromatic rings. The van der Waals surface area contributed by atoms with Crippen LogP contribution in [0.1, 0.15) is 0 Å². The highest BCUT2D eigenvalue weighted by atomic mass is 16.5. The number of fused-ring (bicyclic) bond motifs is 1. The van der Waals surface area contributed by atoms with Crippen molar-refractivity contribution in [1.82, 2.24) is 14.4 Å². The molecule has 0 saturated carbocycles. The summed E-state index contributed by atoms with van der Waals surface area (Å²) in [6.45, 7) is -0.347. The fraction of sp³-hybridized carbons (Fsp3) is 0.0714. The maximum absolute atomic E-state index is 10.4. The summed E-state index contributed by atoms with van der Waals surface area (Å²) >= 11 is 0. The van der Waals surface area contributed by atoms with Crippen LogP contribution in [0.5, 0.6) is 5.75 Å². The summed E-state index contributed by atoms with van der Waals surface area (Å²) < 4.78 is 7.03. The molecule has 6 heteroatoms. The van der Waals surface area contributed by atoms with Crippen LogP contribution in [0.2, 0.25) is 0 Å².